The van der Waals surface area contributed by atoms with E-state index in [4.69, 9.17) is 4.74 Å². The minimum atomic E-state index is -0.423. The minimum absolute atomic E-state index is 0. The highest BCUT2D eigenvalue weighted by Gasteiger charge is 2.49. The highest BCUT2D eigenvalue weighted by atomic mass is 35.5. The number of carbonyl (C=O) groups is 2. The maximum absolute atomic E-state index is 12.7. The SMILES string of the molecule is COCC(=O)N1CCc2[nH]cnc2C12CCN(C(=O)C1CCNC1)CC2.Cl.Cl. The van der Waals surface area contributed by atoms with Gasteiger partial charge < -0.3 is 24.8 Å². The number of nitrogens with zero attached hydrogens (tertiary/aromatic N) is 3. The average molecular weight is 434 g/mol. The third-order valence-electron chi connectivity index (χ3n) is 6.14. The summed E-state index contributed by atoms with van der Waals surface area (Å²) in [5.74, 6) is 0.348. The molecule has 1 unspecified atom stereocenters. The number of piperidine rings is 1. The van der Waals surface area contributed by atoms with Crippen molar-refractivity contribution in [1.82, 2.24) is 25.1 Å². The van der Waals surface area contributed by atoms with Crippen molar-refractivity contribution in [2.75, 3.05) is 46.4 Å². The number of halogens is 2. The zero-order chi connectivity index (χ0) is 18.1. The summed E-state index contributed by atoms with van der Waals surface area (Å²) in [7, 11) is 1.55. The lowest BCUT2D eigenvalue weighted by Crippen LogP contribution is -2.60. The van der Waals surface area contributed by atoms with Crippen molar-refractivity contribution in [3.63, 3.8) is 0 Å². The van der Waals surface area contributed by atoms with Gasteiger partial charge in [-0.15, -0.1) is 24.8 Å². The van der Waals surface area contributed by atoms with Gasteiger partial charge >= 0.3 is 0 Å². The topological polar surface area (TPSA) is 90.6 Å². The fourth-order valence-electron chi connectivity index (χ4n) is 4.77. The van der Waals surface area contributed by atoms with Crippen LogP contribution in [0.5, 0.6) is 0 Å². The van der Waals surface area contributed by atoms with Gasteiger partial charge in [-0.05, 0) is 25.8 Å². The van der Waals surface area contributed by atoms with Gasteiger partial charge in [-0.25, -0.2) is 4.98 Å². The molecule has 3 aliphatic rings. The van der Waals surface area contributed by atoms with E-state index in [-0.39, 0.29) is 49.2 Å². The molecule has 158 valence electrons. The van der Waals surface area contributed by atoms with Crippen LogP contribution >= 0.6 is 24.8 Å². The molecule has 0 saturated carbocycles. The molecule has 1 atom stereocenters. The normalized spacial score (nSPS) is 23.0. The first-order valence-electron chi connectivity index (χ1n) is 9.47. The predicted octanol–water partition coefficient (Wildman–Crippen LogP) is 0.712. The number of amides is 2. The van der Waals surface area contributed by atoms with Crippen LogP contribution in [0, 0.1) is 5.92 Å². The van der Waals surface area contributed by atoms with E-state index < -0.39 is 5.54 Å². The molecule has 0 aromatic carbocycles. The standard InChI is InChI=1S/C18H27N5O3.2ClH/c1-26-11-15(24)23-7-3-14-16(21-12-20-14)18(23)4-8-22(9-5-18)17(25)13-2-6-19-10-13;;/h12-13,19H,2-11H2,1H3,(H,20,21);2*1H. The fourth-order valence-corrected chi connectivity index (χ4v) is 4.77. The van der Waals surface area contributed by atoms with E-state index >= 15 is 0 Å². The van der Waals surface area contributed by atoms with Crippen molar-refractivity contribution in [3.05, 3.63) is 17.7 Å². The molecule has 4 heterocycles. The number of aromatic amines is 1. The third kappa shape index (κ3) is 3.87. The summed E-state index contributed by atoms with van der Waals surface area (Å²) >= 11 is 0. The Kier molecular flexibility index (Phi) is 7.73. The molecule has 3 aliphatic heterocycles. The van der Waals surface area contributed by atoms with Crippen molar-refractivity contribution < 1.29 is 14.3 Å². The van der Waals surface area contributed by atoms with Gasteiger partial charge in [0, 0.05) is 45.4 Å². The largest absolute Gasteiger partial charge is 0.375 e. The monoisotopic (exact) mass is 433 g/mol. The Morgan fingerprint density at radius 2 is 2.04 bits per heavy atom. The highest BCUT2D eigenvalue weighted by molar-refractivity contribution is 5.85. The Morgan fingerprint density at radius 1 is 1.29 bits per heavy atom. The van der Waals surface area contributed by atoms with Gasteiger partial charge in [0.05, 0.1) is 23.5 Å². The van der Waals surface area contributed by atoms with Crippen molar-refractivity contribution in [2.24, 2.45) is 5.92 Å². The quantitative estimate of drug-likeness (QED) is 0.732. The lowest BCUT2D eigenvalue weighted by molar-refractivity contribution is -0.148. The summed E-state index contributed by atoms with van der Waals surface area (Å²) in [6, 6.07) is 0. The Balaban J connectivity index is 0.00000140. The van der Waals surface area contributed by atoms with Gasteiger partial charge in [-0.1, -0.05) is 0 Å². The van der Waals surface area contributed by atoms with Crippen LogP contribution in [0.2, 0.25) is 0 Å². The Bertz CT molecular complexity index is 685. The average Bonchev–Trinajstić information content (AvgIpc) is 3.34. The first-order valence-corrected chi connectivity index (χ1v) is 9.47. The fraction of sp³-hybridized carbons (Fsp3) is 0.722. The molecule has 0 radical (unpaired) electrons. The lowest BCUT2D eigenvalue weighted by Gasteiger charge is -2.50. The molecule has 2 fully saturated rings. The number of carbonyl (C=O) groups excluding carboxylic acids is 2. The van der Waals surface area contributed by atoms with Gasteiger partial charge in [-0.2, -0.15) is 0 Å². The molecular formula is C18H29Cl2N5O3. The molecule has 8 nitrogen and oxygen atoms in total. The van der Waals surface area contributed by atoms with Gasteiger partial charge in [0.2, 0.25) is 11.8 Å². The van der Waals surface area contributed by atoms with Crippen LogP contribution in [0.4, 0.5) is 0 Å². The molecular weight excluding hydrogens is 405 g/mol. The Labute approximate surface area is 177 Å². The zero-order valence-corrected chi connectivity index (χ0v) is 17.7. The molecule has 10 heteroatoms. The molecule has 1 aromatic rings. The molecule has 28 heavy (non-hydrogen) atoms. The number of fused-ring (bicyclic) bond motifs is 2. The molecule has 0 aliphatic carbocycles. The van der Waals surface area contributed by atoms with Gasteiger partial charge in [-0.3, -0.25) is 9.59 Å². The van der Waals surface area contributed by atoms with Gasteiger partial charge in [0.25, 0.3) is 0 Å². The molecule has 0 bridgehead atoms. The second-order valence-corrected chi connectivity index (χ2v) is 7.50. The number of likely N-dealkylation sites (tertiary alicyclic amines) is 1. The number of imidazole rings is 1. The van der Waals surface area contributed by atoms with E-state index in [9.17, 15) is 9.59 Å². The lowest BCUT2D eigenvalue weighted by atomic mass is 9.78. The smallest absolute Gasteiger partial charge is 0.249 e. The van der Waals surface area contributed by atoms with Gasteiger partial charge in [0.15, 0.2) is 0 Å². The molecule has 2 saturated heterocycles. The summed E-state index contributed by atoms with van der Waals surface area (Å²) < 4.78 is 5.10. The van der Waals surface area contributed by atoms with Crippen molar-refractivity contribution in [2.45, 2.75) is 31.2 Å². The second-order valence-electron chi connectivity index (χ2n) is 7.50. The van der Waals surface area contributed by atoms with E-state index in [0.29, 0.717) is 19.6 Å². The van der Waals surface area contributed by atoms with E-state index in [1.807, 2.05) is 9.80 Å². The van der Waals surface area contributed by atoms with Crippen LogP contribution in [0.3, 0.4) is 0 Å². The van der Waals surface area contributed by atoms with Crippen LogP contribution in [-0.4, -0.2) is 78.0 Å². The number of H-pyrrole nitrogens is 1. The highest BCUT2D eigenvalue weighted by Crippen LogP contribution is 2.42. The number of methoxy groups -OCH3 is 1. The Morgan fingerprint density at radius 3 is 2.68 bits per heavy atom. The van der Waals surface area contributed by atoms with E-state index in [2.05, 4.69) is 15.3 Å². The van der Waals surface area contributed by atoms with Crippen LogP contribution in [-0.2, 0) is 26.3 Å². The van der Waals surface area contributed by atoms with E-state index in [0.717, 1.165) is 50.2 Å². The third-order valence-corrected chi connectivity index (χ3v) is 6.14. The molecule has 1 aromatic heterocycles. The molecule has 4 rings (SSSR count). The number of rotatable bonds is 3. The first kappa shape index (κ1) is 22.9. The Hall–Kier alpha value is -1.35. The van der Waals surface area contributed by atoms with Gasteiger partial charge in [0.1, 0.15) is 6.61 Å². The number of hydrogen-bond donors (Lipinski definition) is 2. The van der Waals surface area contributed by atoms with E-state index in [1.165, 1.54) is 0 Å². The summed E-state index contributed by atoms with van der Waals surface area (Å²) in [4.78, 5) is 37.2. The number of ether oxygens (including phenoxy) is 1. The zero-order valence-electron chi connectivity index (χ0n) is 16.1. The molecule has 1 spiro atoms. The van der Waals surface area contributed by atoms with Crippen LogP contribution < -0.4 is 5.32 Å². The first-order chi connectivity index (χ1) is 12.7. The van der Waals surface area contributed by atoms with Crippen molar-refractivity contribution >= 4 is 36.6 Å². The molecule has 2 amide bonds. The van der Waals surface area contributed by atoms with Crippen LogP contribution in [0.15, 0.2) is 6.33 Å². The predicted molar refractivity (Wildman–Crippen MR) is 109 cm³/mol. The maximum Gasteiger partial charge on any atom is 0.249 e. The summed E-state index contributed by atoms with van der Waals surface area (Å²) in [6.07, 6.45) is 4.88. The molecule has 2 N–H and O–H groups in total. The summed E-state index contributed by atoms with van der Waals surface area (Å²) in [5.41, 5.74) is 1.67. The number of aromatic nitrogens is 2. The number of nitrogens with one attached hydrogen (secondary N) is 2. The van der Waals surface area contributed by atoms with Crippen LogP contribution in [0.25, 0.3) is 0 Å². The van der Waals surface area contributed by atoms with Crippen molar-refractivity contribution in [3.8, 4) is 0 Å². The van der Waals surface area contributed by atoms with Crippen LogP contribution in [0.1, 0.15) is 30.7 Å². The minimum Gasteiger partial charge on any atom is -0.375 e. The van der Waals surface area contributed by atoms with E-state index in [1.54, 1.807) is 13.4 Å². The summed E-state index contributed by atoms with van der Waals surface area (Å²) in [6.45, 7) is 3.78. The summed E-state index contributed by atoms with van der Waals surface area (Å²) in [5, 5.41) is 3.27. The number of hydrogen-bond acceptors (Lipinski definition) is 5. The van der Waals surface area contributed by atoms with Crippen molar-refractivity contribution in [1.29, 1.82) is 0 Å². The maximum atomic E-state index is 12.7. The second kappa shape index (κ2) is 9.43.